The van der Waals surface area contributed by atoms with Crippen LogP contribution < -0.4 is 0 Å². The molecule has 4 heteroatoms. The molecule has 0 N–H and O–H groups in total. The van der Waals surface area contributed by atoms with Crippen LogP contribution in [0.2, 0.25) is 0 Å². The number of carbonyl (C=O) groups is 1. The standard InChI is InChI=1S/C13H15N3O/c1-9-5-15-13(6-14-9)7-16-10(2)4-12(8-17)11(16)3/h4-6,8H,7H2,1-3H3. The molecule has 2 rings (SSSR count). The number of rotatable bonds is 3. The Hall–Kier alpha value is -1.97. The Morgan fingerprint density at radius 1 is 1.24 bits per heavy atom. The van der Waals surface area contributed by atoms with Crippen molar-refractivity contribution in [1.29, 1.82) is 0 Å². The van der Waals surface area contributed by atoms with E-state index in [1.807, 2.05) is 26.8 Å². The second-order valence-corrected chi connectivity index (χ2v) is 4.18. The Balaban J connectivity index is 2.32. The Morgan fingerprint density at radius 2 is 2.00 bits per heavy atom. The van der Waals surface area contributed by atoms with Gasteiger partial charge in [0.2, 0.25) is 0 Å². The van der Waals surface area contributed by atoms with Crippen LogP contribution in [0.5, 0.6) is 0 Å². The molecule has 0 bridgehead atoms. The summed E-state index contributed by atoms with van der Waals surface area (Å²) < 4.78 is 2.07. The minimum absolute atomic E-state index is 0.652. The molecule has 0 aromatic carbocycles. The second-order valence-electron chi connectivity index (χ2n) is 4.18. The lowest BCUT2D eigenvalue weighted by Gasteiger charge is -2.08. The van der Waals surface area contributed by atoms with Gasteiger partial charge in [0.05, 0.1) is 24.1 Å². The molecule has 0 aliphatic rings. The van der Waals surface area contributed by atoms with Crippen LogP contribution in [-0.4, -0.2) is 20.8 Å². The van der Waals surface area contributed by atoms with Crippen LogP contribution >= 0.6 is 0 Å². The molecule has 0 aliphatic heterocycles. The van der Waals surface area contributed by atoms with E-state index in [1.165, 1.54) is 0 Å². The third-order valence-electron chi connectivity index (χ3n) is 2.89. The lowest BCUT2D eigenvalue weighted by Crippen LogP contribution is -2.06. The summed E-state index contributed by atoms with van der Waals surface area (Å²) in [5.74, 6) is 0. The van der Waals surface area contributed by atoms with E-state index in [4.69, 9.17) is 0 Å². The molecular weight excluding hydrogens is 214 g/mol. The summed E-state index contributed by atoms with van der Waals surface area (Å²) in [5.41, 5.74) is 4.58. The molecule has 0 atom stereocenters. The van der Waals surface area contributed by atoms with Crippen LogP contribution in [-0.2, 0) is 6.54 Å². The van der Waals surface area contributed by atoms with Crippen molar-refractivity contribution in [2.75, 3.05) is 0 Å². The highest BCUT2D eigenvalue weighted by Gasteiger charge is 2.09. The van der Waals surface area contributed by atoms with Crippen molar-refractivity contribution in [3.8, 4) is 0 Å². The van der Waals surface area contributed by atoms with Gasteiger partial charge in [0.1, 0.15) is 0 Å². The van der Waals surface area contributed by atoms with E-state index < -0.39 is 0 Å². The van der Waals surface area contributed by atoms with E-state index in [0.29, 0.717) is 6.54 Å². The lowest BCUT2D eigenvalue weighted by atomic mass is 10.3. The maximum absolute atomic E-state index is 10.8. The van der Waals surface area contributed by atoms with Gasteiger partial charge in [0, 0.05) is 23.1 Å². The van der Waals surface area contributed by atoms with E-state index in [0.717, 1.165) is 34.6 Å². The highest BCUT2D eigenvalue weighted by Crippen LogP contribution is 2.14. The first-order chi connectivity index (χ1) is 8.11. The van der Waals surface area contributed by atoms with E-state index >= 15 is 0 Å². The molecule has 0 aliphatic carbocycles. The molecule has 88 valence electrons. The predicted molar refractivity (Wildman–Crippen MR) is 65.2 cm³/mol. The van der Waals surface area contributed by atoms with Crippen LogP contribution in [0, 0.1) is 20.8 Å². The molecule has 0 saturated carbocycles. The van der Waals surface area contributed by atoms with Gasteiger partial charge in [-0.3, -0.25) is 14.8 Å². The molecule has 2 aromatic heterocycles. The summed E-state index contributed by atoms with van der Waals surface area (Å²) in [5, 5.41) is 0. The summed E-state index contributed by atoms with van der Waals surface area (Å²) in [7, 11) is 0. The number of nitrogens with zero attached hydrogens (tertiary/aromatic N) is 3. The van der Waals surface area contributed by atoms with Crippen molar-refractivity contribution < 1.29 is 4.79 Å². The third-order valence-corrected chi connectivity index (χ3v) is 2.89. The first-order valence-corrected chi connectivity index (χ1v) is 5.51. The maximum atomic E-state index is 10.8. The molecule has 0 amide bonds. The van der Waals surface area contributed by atoms with Crippen molar-refractivity contribution in [3.05, 3.63) is 46.8 Å². The lowest BCUT2D eigenvalue weighted by molar-refractivity contribution is 0.112. The summed E-state index contributed by atoms with van der Waals surface area (Å²) >= 11 is 0. The second kappa shape index (κ2) is 4.49. The highest BCUT2D eigenvalue weighted by atomic mass is 16.1. The van der Waals surface area contributed by atoms with Crippen LogP contribution in [0.3, 0.4) is 0 Å². The van der Waals surface area contributed by atoms with Crippen LogP contribution in [0.1, 0.15) is 33.1 Å². The van der Waals surface area contributed by atoms with Crippen molar-refractivity contribution in [1.82, 2.24) is 14.5 Å². The molecule has 2 heterocycles. The van der Waals surface area contributed by atoms with Crippen LogP contribution in [0.25, 0.3) is 0 Å². The fraction of sp³-hybridized carbons (Fsp3) is 0.308. The smallest absolute Gasteiger partial charge is 0.151 e. The third kappa shape index (κ3) is 2.25. The number of hydrogen-bond acceptors (Lipinski definition) is 3. The van der Waals surface area contributed by atoms with E-state index in [9.17, 15) is 4.79 Å². The van der Waals surface area contributed by atoms with Gasteiger partial charge < -0.3 is 4.57 Å². The average Bonchev–Trinajstić information content (AvgIpc) is 2.59. The summed E-state index contributed by atoms with van der Waals surface area (Å²) in [4.78, 5) is 19.4. The van der Waals surface area contributed by atoms with Crippen LogP contribution in [0.15, 0.2) is 18.5 Å². The first kappa shape index (κ1) is 11.5. The minimum Gasteiger partial charge on any atom is -0.342 e. The Kier molecular flexibility index (Phi) is 3.04. The normalized spacial score (nSPS) is 10.5. The van der Waals surface area contributed by atoms with Gasteiger partial charge in [-0.2, -0.15) is 0 Å². The van der Waals surface area contributed by atoms with Crippen molar-refractivity contribution in [2.24, 2.45) is 0 Å². The van der Waals surface area contributed by atoms with Gasteiger partial charge in [0.25, 0.3) is 0 Å². The molecule has 0 radical (unpaired) electrons. The average molecular weight is 229 g/mol. The zero-order valence-corrected chi connectivity index (χ0v) is 10.3. The number of aldehydes is 1. The molecule has 17 heavy (non-hydrogen) atoms. The van der Waals surface area contributed by atoms with E-state index in [2.05, 4.69) is 14.5 Å². The Labute approximate surface area is 100 Å². The summed E-state index contributed by atoms with van der Waals surface area (Å²) in [6.45, 7) is 6.49. The molecule has 0 saturated heterocycles. The topological polar surface area (TPSA) is 47.8 Å². The van der Waals surface area contributed by atoms with Gasteiger partial charge in [-0.25, -0.2) is 0 Å². The quantitative estimate of drug-likeness (QED) is 0.757. The number of aryl methyl sites for hydroxylation is 2. The van der Waals surface area contributed by atoms with Gasteiger partial charge in [0.15, 0.2) is 6.29 Å². The molecule has 0 unspecified atom stereocenters. The summed E-state index contributed by atoms with van der Waals surface area (Å²) in [6, 6.07) is 1.89. The zero-order chi connectivity index (χ0) is 12.4. The van der Waals surface area contributed by atoms with Gasteiger partial charge >= 0.3 is 0 Å². The fourth-order valence-corrected chi connectivity index (χ4v) is 1.85. The number of aromatic nitrogens is 3. The monoisotopic (exact) mass is 229 g/mol. The van der Waals surface area contributed by atoms with E-state index in [1.54, 1.807) is 12.4 Å². The molecule has 0 spiro atoms. The van der Waals surface area contributed by atoms with Crippen molar-refractivity contribution in [3.63, 3.8) is 0 Å². The SMILES string of the molecule is Cc1cnc(Cn2c(C)cc(C=O)c2C)cn1. The number of hydrogen-bond donors (Lipinski definition) is 0. The van der Waals surface area contributed by atoms with Crippen LogP contribution in [0.4, 0.5) is 0 Å². The number of carbonyl (C=O) groups excluding carboxylic acids is 1. The zero-order valence-electron chi connectivity index (χ0n) is 10.3. The Morgan fingerprint density at radius 3 is 2.53 bits per heavy atom. The largest absolute Gasteiger partial charge is 0.342 e. The Bertz CT molecular complexity index is 541. The minimum atomic E-state index is 0.652. The summed E-state index contributed by atoms with van der Waals surface area (Å²) in [6.07, 6.45) is 4.42. The van der Waals surface area contributed by atoms with Crippen molar-refractivity contribution >= 4 is 6.29 Å². The molecular formula is C13H15N3O. The van der Waals surface area contributed by atoms with Gasteiger partial charge in [-0.05, 0) is 26.8 Å². The molecule has 4 nitrogen and oxygen atoms in total. The van der Waals surface area contributed by atoms with Gasteiger partial charge in [-0.15, -0.1) is 0 Å². The highest BCUT2D eigenvalue weighted by molar-refractivity contribution is 5.77. The fourth-order valence-electron chi connectivity index (χ4n) is 1.85. The van der Waals surface area contributed by atoms with Gasteiger partial charge in [-0.1, -0.05) is 0 Å². The predicted octanol–water partition coefficient (Wildman–Crippen LogP) is 2.06. The first-order valence-electron chi connectivity index (χ1n) is 5.51. The van der Waals surface area contributed by atoms with Crippen molar-refractivity contribution in [2.45, 2.75) is 27.3 Å². The van der Waals surface area contributed by atoms with E-state index in [-0.39, 0.29) is 0 Å². The molecule has 0 fully saturated rings. The maximum Gasteiger partial charge on any atom is 0.151 e. The molecule has 2 aromatic rings.